The molecule has 1 N–H and O–H groups in total. The van der Waals surface area contributed by atoms with E-state index in [1.165, 1.54) is 12.1 Å². The van der Waals surface area contributed by atoms with Crippen molar-refractivity contribution >= 4 is 11.8 Å². The van der Waals surface area contributed by atoms with Gasteiger partial charge in [0.05, 0.1) is 23.9 Å². The molecule has 2 aromatic rings. The molecule has 7 nitrogen and oxygen atoms in total. The molecule has 4 atom stereocenters. The molecule has 10 heteroatoms. The Morgan fingerprint density at radius 3 is 2.61 bits per heavy atom. The van der Waals surface area contributed by atoms with Gasteiger partial charge >= 0.3 is 6.18 Å². The van der Waals surface area contributed by atoms with Gasteiger partial charge in [-0.3, -0.25) is 9.59 Å². The second-order valence-electron chi connectivity index (χ2n) is 8.53. The van der Waals surface area contributed by atoms with Crippen LogP contribution in [0.25, 0.3) is 11.4 Å². The molecule has 0 unspecified atom stereocenters. The number of nitrogens with one attached hydrogen (secondary N) is 1. The van der Waals surface area contributed by atoms with Crippen LogP contribution in [0.1, 0.15) is 36.6 Å². The van der Waals surface area contributed by atoms with Gasteiger partial charge in [0.25, 0.3) is 0 Å². The van der Waals surface area contributed by atoms with Crippen LogP contribution in [0, 0.1) is 17.8 Å². The fourth-order valence-electron chi connectivity index (χ4n) is 5.34. The lowest BCUT2D eigenvalue weighted by molar-refractivity contribution is -0.143. The van der Waals surface area contributed by atoms with E-state index in [2.05, 4.69) is 15.5 Å². The van der Waals surface area contributed by atoms with E-state index in [9.17, 15) is 22.8 Å². The van der Waals surface area contributed by atoms with E-state index < -0.39 is 11.7 Å². The molecule has 1 aromatic heterocycles. The number of alkyl halides is 3. The van der Waals surface area contributed by atoms with E-state index in [-0.39, 0.29) is 47.9 Å². The van der Waals surface area contributed by atoms with Crippen molar-refractivity contribution in [2.24, 2.45) is 17.8 Å². The molecule has 2 bridgehead atoms. The standard InChI is InChI=1S/C21H21F3N4O3/c22-21(23,24)14-5-3-11(4-6-14)18-26-19(31-27-18)16-12-1-2-13(9-12)17(16)20(30)28-8-7-25-15(29)10-28/h3-6,12-13,16-17H,1-2,7-10H2,(H,25,29)/t12-,13+,16+,17+/m1/s1. The summed E-state index contributed by atoms with van der Waals surface area (Å²) in [7, 11) is 0. The average Bonchev–Trinajstić information content (AvgIpc) is 3.48. The Labute approximate surface area is 176 Å². The molecule has 164 valence electrons. The largest absolute Gasteiger partial charge is 0.416 e. The first-order valence-electron chi connectivity index (χ1n) is 10.4. The predicted octanol–water partition coefficient (Wildman–Crippen LogP) is 2.84. The van der Waals surface area contributed by atoms with Crippen molar-refractivity contribution in [3.8, 4) is 11.4 Å². The first-order valence-corrected chi connectivity index (χ1v) is 10.4. The van der Waals surface area contributed by atoms with E-state index in [0.717, 1.165) is 31.4 Å². The molecule has 2 aliphatic carbocycles. The number of piperazine rings is 1. The highest BCUT2D eigenvalue weighted by molar-refractivity contribution is 5.87. The van der Waals surface area contributed by atoms with Crippen LogP contribution >= 0.6 is 0 Å². The lowest BCUT2D eigenvalue weighted by Gasteiger charge is -2.34. The van der Waals surface area contributed by atoms with Crippen LogP contribution in [-0.2, 0) is 15.8 Å². The van der Waals surface area contributed by atoms with Crippen molar-refractivity contribution in [3.05, 3.63) is 35.7 Å². The Morgan fingerprint density at radius 2 is 1.90 bits per heavy atom. The van der Waals surface area contributed by atoms with Crippen molar-refractivity contribution in [3.63, 3.8) is 0 Å². The number of benzene rings is 1. The molecule has 3 fully saturated rings. The molecule has 1 aliphatic heterocycles. The first-order chi connectivity index (χ1) is 14.8. The van der Waals surface area contributed by atoms with Crippen molar-refractivity contribution in [1.82, 2.24) is 20.4 Å². The summed E-state index contributed by atoms with van der Waals surface area (Å²) >= 11 is 0. The molecule has 5 rings (SSSR count). The molecule has 1 aromatic carbocycles. The van der Waals surface area contributed by atoms with Gasteiger partial charge < -0.3 is 14.7 Å². The molecule has 2 amide bonds. The van der Waals surface area contributed by atoms with Gasteiger partial charge in [0.1, 0.15) is 0 Å². The lowest BCUT2D eigenvalue weighted by Crippen LogP contribution is -2.52. The first kappa shape index (κ1) is 20.0. The molecule has 1 saturated heterocycles. The number of nitrogens with zero attached hydrogens (tertiary/aromatic N) is 3. The highest BCUT2D eigenvalue weighted by atomic mass is 19.4. The number of carbonyl (C=O) groups excluding carboxylic acids is 2. The minimum Gasteiger partial charge on any atom is -0.353 e. The van der Waals surface area contributed by atoms with Crippen LogP contribution in [-0.4, -0.2) is 46.5 Å². The fraction of sp³-hybridized carbons (Fsp3) is 0.524. The number of rotatable bonds is 3. The summed E-state index contributed by atoms with van der Waals surface area (Å²) in [6.07, 6.45) is -1.59. The molecular formula is C21H21F3N4O3. The average molecular weight is 434 g/mol. The number of carbonyl (C=O) groups is 2. The number of amides is 2. The summed E-state index contributed by atoms with van der Waals surface area (Å²) in [5.41, 5.74) is -0.328. The van der Waals surface area contributed by atoms with Crippen LogP contribution in [0.15, 0.2) is 28.8 Å². The van der Waals surface area contributed by atoms with Crippen LogP contribution in [0.3, 0.4) is 0 Å². The van der Waals surface area contributed by atoms with Gasteiger partial charge in [-0.05, 0) is 43.2 Å². The van der Waals surface area contributed by atoms with E-state index in [1.807, 2.05) is 0 Å². The third kappa shape index (κ3) is 3.57. The summed E-state index contributed by atoms with van der Waals surface area (Å²) in [4.78, 5) is 31.1. The van der Waals surface area contributed by atoms with Gasteiger partial charge in [-0.25, -0.2) is 0 Å². The van der Waals surface area contributed by atoms with Gasteiger partial charge in [-0.15, -0.1) is 0 Å². The molecule has 0 radical (unpaired) electrons. The second kappa shape index (κ2) is 7.35. The van der Waals surface area contributed by atoms with Gasteiger partial charge in [0.15, 0.2) is 0 Å². The van der Waals surface area contributed by atoms with Gasteiger partial charge in [-0.2, -0.15) is 18.2 Å². The van der Waals surface area contributed by atoms with Crippen LogP contribution in [0.2, 0.25) is 0 Å². The SMILES string of the molecule is O=C1CN(C(=O)[C@H]2[C@H]3CC[C@H](C3)[C@@H]2c2nc(-c3ccc(C(F)(F)F)cc3)no2)CCN1. The van der Waals surface area contributed by atoms with Crippen molar-refractivity contribution in [1.29, 1.82) is 0 Å². The van der Waals surface area contributed by atoms with E-state index in [1.54, 1.807) is 4.90 Å². The van der Waals surface area contributed by atoms with E-state index >= 15 is 0 Å². The minimum absolute atomic E-state index is 0.0543. The third-order valence-electron chi connectivity index (χ3n) is 6.75. The van der Waals surface area contributed by atoms with Gasteiger partial charge in [0.2, 0.25) is 23.5 Å². The Hall–Kier alpha value is -2.91. The molecule has 3 aliphatic rings. The number of halogens is 3. The summed E-state index contributed by atoms with van der Waals surface area (Å²) in [6.45, 7) is 0.973. The van der Waals surface area contributed by atoms with E-state index in [4.69, 9.17) is 4.52 Å². The second-order valence-corrected chi connectivity index (χ2v) is 8.53. The van der Waals surface area contributed by atoms with Gasteiger partial charge in [0, 0.05) is 18.7 Å². The maximum atomic E-state index is 13.3. The Kier molecular flexibility index (Phi) is 4.75. The number of hydrogen-bond acceptors (Lipinski definition) is 5. The lowest BCUT2D eigenvalue weighted by atomic mass is 9.78. The quantitative estimate of drug-likeness (QED) is 0.803. The zero-order chi connectivity index (χ0) is 21.8. The molecular weight excluding hydrogens is 413 g/mol. The van der Waals surface area contributed by atoms with Crippen LogP contribution in [0.5, 0.6) is 0 Å². The van der Waals surface area contributed by atoms with E-state index in [0.29, 0.717) is 24.5 Å². The molecule has 0 spiro atoms. The third-order valence-corrected chi connectivity index (χ3v) is 6.75. The van der Waals surface area contributed by atoms with Crippen LogP contribution < -0.4 is 5.32 Å². The smallest absolute Gasteiger partial charge is 0.353 e. The highest BCUT2D eigenvalue weighted by Gasteiger charge is 2.54. The summed E-state index contributed by atoms with van der Waals surface area (Å²) < 4.78 is 43.9. The maximum Gasteiger partial charge on any atom is 0.416 e. The molecule has 31 heavy (non-hydrogen) atoms. The zero-order valence-corrected chi connectivity index (χ0v) is 16.6. The Morgan fingerprint density at radius 1 is 1.16 bits per heavy atom. The molecule has 2 saturated carbocycles. The monoisotopic (exact) mass is 434 g/mol. The summed E-state index contributed by atoms with van der Waals surface area (Å²) in [6, 6.07) is 4.59. The number of aromatic nitrogens is 2. The Balaban J connectivity index is 1.39. The number of fused-ring (bicyclic) bond motifs is 2. The summed E-state index contributed by atoms with van der Waals surface area (Å²) in [5.74, 6) is 0.254. The topological polar surface area (TPSA) is 88.3 Å². The summed E-state index contributed by atoms with van der Waals surface area (Å²) in [5, 5.41) is 6.69. The maximum absolute atomic E-state index is 13.3. The van der Waals surface area contributed by atoms with Crippen molar-refractivity contribution in [2.75, 3.05) is 19.6 Å². The van der Waals surface area contributed by atoms with Crippen molar-refractivity contribution < 1.29 is 27.3 Å². The highest BCUT2D eigenvalue weighted by Crippen LogP contribution is 2.57. The number of hydrogen-bond donors (Lipinski definition) is 1. The molecule has 2 heterocycles. The Bertz CT molecular complexity index is 1000. The fourth-order valence-corrected chi connectivity index (χ4v) is 5.34. The van der Waals surface area contributed by atoms with Crippen LogP contribution in [0.4, 0.5) is 13.2 Å². The predicted molar refractivity (Wildman–Crippen MR) is 101 cm³/mol. The van der Waals surface area contributed by atoms with Gasteiger partial charge in [-0.1, -0.05) is 17.3 Å². The van der Waals surface area contributed by atoms with Crippen molar-refractivity contribution in [2.45, 2.75) is 31.4 Å². The minimum atomic E-state index is -4.41. The zero-order valence-electron chi connectivity index (χ0n) is 16.6. The normalized spacial score (nSPS) is 28.1.